The van der Waals surface area contributed by atoms with Crippen LogP contribution in [0, 0.1) is 5.82 Å². The summed E-state index contributed by atoms with van der Waals surface area (Å²) in [6, 6.07) is 5.71. The van der Waals surface area contributed by atoms with Crippen molar-refractivity contribution in [2.45, 2.75) is 0 Å². The Morgan fingerprint density at radius 1 is 1.14 bits per heavy atom. The molecule has 0 fully saturated rings. The molecule has 1 heterocycles. The van der Waals surface area contributed by atoms with Gasteiger partial charge >= 0.3 is 11.9 Å². The molecule has 14 heavy (non-hydrogen) atoms. The molecular weight excluding hydrogens is 187 g/mol. The van der Waals surface area contributed by atoms with Gasteiger partial charge in [-0.3, -0.25) is 0 Å². The van der Waals surface area contributed by atoms with Gasteiger partial charge in [0.25, 0.3) is 0 Å². The van der Waals surface area contributed by atoms with E-state index in [0.717, 1.165) is 6.08 Å². The topological polar surface area (TPSA) is 43.4 Å². The molecule has 1 aromatic carbocycles. The maximum atomic E-state index is 13.2. The van der Waals surface area contributed by atoms with Gasteiger partial charge in [-0.05, 0) is 6.07 Å². The van der Waals surface area contributed by atoms with Gasteiger partial charge in [0, 0.05) is 11.6 Å². The average molecular weight is 192 g/mol. The molecule has 0 N–H and O–H groups in total. The summed E-state index contributed by atoms with van der Waals surface area (Å²) >= 11 is 0. The van der Waals surface area contributed by atoms with E-state index in [0.29, 0.717) is 0 Å². The van der Waals surface area contributed by atoms with Gasteiger partial charge in [0.05, 0.1) is 5.57 Å². The van der Waals surface area contributed by atoms with Crippen LogP contribution < -0.4 is 0 Å². The molecule has 0 saturated heterocycles. The highest BCUT2D eigenvalue weighted by Crippen LogP contribution is 2.23. The molecule has 0 saturated carbocycles. The summed E-state index contributed by atoms with van der Waals surface area (Å²) in [5.74, 6) is -2.11. The van der Waals surface area contributed by atoms with E-state index in [1.54, 1.807) is 6.07 Å². The molecule has 0 aromatic heterocycles. The van der Waals surface area contributed by atoms with E-state index in [4.69, 9.17) is 0 Å². The Labute approximate surface area is 78.8 Å². The Bertz CT molecular complexity index is 448. The molecule has 1 aromatic rings. The van der Waals surface area contributed by atoms with Crippen molar-refractivity contribution in [2.75, 3.05) is 0 Å². The van der Waals surface area contributed by atoms with Crippen molar-refractivity contribution in [3.8, 4) is 0 Å². The van der Waals surface area contributed by atoms with Gasteiger partial charge in [-0.15, -0.1) is 0 Å². The van der Waals surface area contributed by atoms with Crippen LogP contribution in [0.15, 0.2) is 30.3 Å². The molecule has 0 unspecified atom stereocenters. The van der Waals surface area contributed by atoms with Gasteiger partial charge in [-0.2, -0.15) is 0 Å². The molecule has 0 bridgehead atoms. The fraction of sp³-hybridized carbons (Fsp3) is 0. The SMILES string of the molecule is O=C1C=C(c2ccccc2F)C(=O)O1. The van der Waals surface area contributed by atoms with Crippen molar-refractivity contribution >= 4 is 17.5 Å². The number of esters is 2. The van der Waals surface area contributed by atoms with E-state index in [-0.39, 0.29) is 11.1 Å². The summed E-state index contributed by atoms with van der Waals surface area (Å²) in [7, 11) is 0. The smallest absolute Gasteiger partial charge is 0.346 e. The minimum atomic E-state index is -0.805. The molecule has 0 atom stereocenters. The first-order valence-electron chi connectivity index (χ1n) is 3.91. The molecular formula is C10H5FO3. The highest BCUT2D eigenvalue weighted by molar-refractivity contribution is 6.28. The molecule has 0 spiro atoms. The van der Waals surface area contributed by atoms with E-state index in [9.17, 15) is 14.0 Å². The van der Waals surface area contributed by atoms with Crippen molar-refractivity contribution in [3.63, 3.8) is 0 Å². The molecule has 2 rings (SSSR count). The van der Waals surface area contributed by atoms with Crippen molar-refractivity contribution in [3.05, 3.63) is 41.7 Å². The number of cyclic esters (lactones) is 2. The van der Waals surface area contributed by atoms with Crippen LogP contribution >= 0.6 is 0 Å². The Morgan fingerprint density at radius 3 is 2.43 bits per heavy atom. The first-order chi connectivity index (χ1) is 6.68. The summed E-state index contributed by atoms with van der Waals surface area (Å²) in [4.78, 5) is 21.8. The van der Waals surface area contributed by atoms with E-state index in [1.165, 1.54) is 18.2 Å². The highest BCUT2D eigenvalue weighted by atomic mass is 19.1. The third-order valence-electron chi connectivity index (χ3n) is 1.84. The molecule has 70 valence electrons. The van der Waals surface area contributed by atoms with E-state index in [1.807, 2.05) is 0 Å². The summed E-state index contributed by atoms with van der Waals surface area (Å²) in [5.41, 5.74) is 0.0523. The lowest BCUT2D eigenvalue weighted by Crippen LogP contribution is -2.02. The van der Waals surface area contributed by atoms with Gasteiger partial charge in [0.15, 0.2) is 0 Å². The third kappa shape index (κ3) is 1.31. The second kappa shape index (κ2) is 3.06. The first-order valence-corrected chi connectivity index (χ1v) is 3.91. The van der Waals surface area contributed by atoms with Crippen molar-refractivity contribution in [1.82, 2.24) is 0 Å². The monoisotopic (exact) mass is 192 g/mol. The first kappa shape index (κ1) is 8.62. The minimum Gasteiger partial charge on any atom is -0.386 e. The van der Waals surface area contributed by atoms with Gasteiger partial charge in [0.2, 0.25) is 0 Å². The predicted molar refractivity (Wildman–Crippen MR) is 45.5 cm³/mol. The number of carbonyl (C=O) groups excluding carboxylic acids is 2. The predicted octanol–water partition coefficient (Wildman–Crippen LogP) is 1.29. The van der Waals surface area contributed by atoms with Gasteiger partial charge in [-0.25, -0.2) is 14.0 Å². The van der Waals surface area contributed by atoms with Crippen LogP contribution in [0.3, 0.4) is 0 Å². The van der Waals surface area contributed by atoms with Crippen LogP contribution in [0.25, 0.3) is 5.57 Å². The number of benzene rings is 1. The average Bonchev–Trinajstić information content (AvgIpc) is 2.46. The van der Waals surface area contributed by atoms with Crippen LogP contribution in [-0.4, -0.2) is 11.9 Å². The molecule has 1 aliphatic heterocycles. The number of rotatable bonds is 1. The molecule has 0 aliphatic carbocycles. The summed E-state index contributed by atoms with van der Waals surface area (Å²) in [5, 5.41) is 0. The molecule has 0 amide bonds. The van der Waals surface area contributed by atoms with Crippen LogP contribution in [0.2, 0.25) is 0 Å². The number of carbonyl (C=O) groups is 2. The normalized spacial score (nSPS) is 15.4. The van der Waals surface area contributed by atoms with E-state index >= 15 is 0 Å². The largest absolute Gasteiger partial charge is 0.386 e. The quantitative estimate of drug-likeness (QED) is 0.497. The summed E-state index contributed by atoms with van der Waals surface area (Å²) in [6.45, 7) is 0. The van der Waals surface area contributed by atoms with Gasteiger partial charge < -0.3 is 4.74 Å². The Morgan fingerprint density at radius 2 is 1.86 bits per heavy atom. The number of halogens is 1. The molecule has 3 nitrogen and oxygen atoms in total. The lowest BCUT2D eigenvalue weighted by Gasteiger charge is -1.99. The lowest BCUT2D eigenvalue weighted by atomic mass is 10.1. The maximum Gasteiger partial charge on any atom is 0.346 e. The molecule has 4 heteroatoms. The van der Waals surface area contributed by atoms with Crippen LogP contribution in [-0.2, 0) is 14.3 Å². The Balaban J connectivity index is 2.51. The summed E-state index contributed by atoms with van der Waals surface area (Å²) in [6.07, 6.45) is 0.987. The lowest BCUT2D eigenvalue weighted by molar-refractivity contribution is -0.149. The van der Waals surface area contributed by atoms with Crippen molar-refractivity contribution in [2.24, 2.45) is 0 Å². The zero-order valence-electron chi connectivity index (χ0n) is 6.99. The van der Waals surface area contributed by atoms with Crippen molar-refractivity contribution < 1.29 is 18.7 Å². The highest BCUT2D eigenvalue weighted by Gasteiger charge is 2.26. The number of hydrogen-bond acceptors (Lipinski definition) is 3. The standard InChI is InChI=1S/C10H5FO3/c11-8-4-2-1-3-6(8)7-5-9(12)14-10(7)13/h1-5H. The number of ether oxygens (including phenoxy) is 1. The molecule has 0 radical (unpaired) electrons. The summed E-state index contributed by atoms with van der Waals surface area (Å²) < 4.78 is 17.4. The Hall–Kier alpha value is -1.97. The van der Waals surface area contributed by atoms with Crippen LogP contribution in [0.4, 0.5) is 4.39 Å². The zero-order valence-corrected chi connectivity index (χ0v) is 6.99. The second-order valence-corrected chi connectivity index (χ2v) is 2.75. The third-order valence-corrected chi connectivity index (χ3v) is 1.84. The number of hydrogen-bond donors (Lipinski definition) is 0. The van der Waals surface area contributed by atoms with E-state index in [2.05, 4.69) is 4.74 Å². The van der Waals surface area contributed by atoms with Gasteiger partial charge in [0.1, 0.15) is 5.82 Å². The Kier molecular flexibility index (Phi) is 1.89. The fourth-order valence-corrected chi connectivity index (χ4v) is 1.22. The molecule has 1 aliphatic rings. The van der Waals surface area contributed by atoms with E-state index < -0.39 is 17.8 Å². The fourth-order valence-electron chi connectivity index (χ4n) is 1.22. The minimum absolute atomic E-state index is 0.0342. The van der Waals surface area contributed by atoms with Crippen LogP contribution in [0.1, 0.15) is 5.56 Å². The van der Waals surface area contributed by atoms with Gasteiger partial charge in [-0.1, -0.05) is 18.2 Å². The zero-order chi connectivity index (χ0) is 10.1. The second-order valence-electron chi connectivity index (χ2n) is 2.75. The maximum absolute atomic E-state index is 13.2. The van der Waals surface area contributed by atoms with Crippen LogP contribution in [0.5, 0.6) is 0 Å². The van der Waals surface area contributed by atoms with Crippen molar-refractivity contribution in [1.29, 1.82) is 0 Å².